The van der Waals surface area contributed by atoms with Crippen LogP contribution in [0, 0.1) is 5.92 Å². The molecule has 0 aliphatic rings. The molecule has 1 unspecified atom stereocenters. The van der Waals surface area contributed by atoms with Gasteiger partial charge in [0.2, 0.25) is 0 Å². The van der Waals surface area contributed by atoms with Crippen molar-refractivity contribution in [2.75, 3.05) is 6.61 Å². The average molecular weight is 218 g/mol. The van der Waals surface area contributed by atoms with Crippen molar-refractivity contribution < 1.29 is 4.74 Å². The fourth-order valence-electron chi connectivity index (χ4n) is 1.58. The second kappa shape index (κ2) is 7.24. The molecule has 0 bridgehead atoms. The molecule has 0 aromatic heterocycles. The minimum Gasteiger partial charge on any atom is -0.373 e. The average Bonchev–Trinajstić information content (AvgIpc) is 2.31. The Morgan fingerprint density at radius 2 is 1.88 bits per heavy atom. The lowest BCUT2D eigenvalue weighted by atomic mass is 9.98. The summed E-state index contributed by atoms with van der Waals surface area (Å²) in [6.07, 6.45) is 4.19. The Kier molecular flexibility index (Phi) is 5.87. The highest BCUT2D eigenvalue weighted by molar-refractivity contribution is 5.22. The van der Waals surface area contributed by atoms with Gasteiger partial charge in [-0.2, -0.15) is 0 Å². The number of rotatable bonds is 7. The van der Waals surface area contributed by atoms with Crippen molar-refractivity contribution in [2.45, 2.75) is 33.3 Å². The first-order chi connectivity index (χ1) is 7.76. The molecule has 0 aliphatic heterocycles. The number of hydrogen-bond acceptors (Lipinski definition) is 1. The van der Waals surface area contributed by atoms with Crippen LogP contribution in [0.15, 0.2) is 36.9 Å². The van der Waals surface area contributed by atoms with E-state index in [4.69, 9.17) is 4.74 Å². The fourth-order valence-corrected chi connectivity index (χ4v) is 1.58. The molecule has 0 amide bonds. The largest absolute Gasteiger partial charge is 0.373 e. The zero-order valence-electron chi connectivity index (χ0n) is 10.4. The third-order valence-electron chi connectivity index (χ3n) is 2.81. The summed E-state index contributed by atoms with van der Waals surface area (Å²) in [7, 11) is 0. The Hall–Kier alpha value is -1.08. The molecular weight excluding hydrogens is 196 g/mol. The van der Waals surface area contributed by atoms with Crippen LogP contribution in [0.25, 0.3) is 0 Å². The summed E-state index contributed by atoms with van der Waals surface area (Å²) in [5, 5.41) is 0. The summed E-state index contributed by atoms with van der Waals surface area (Å²) in [6, 6.07) is 8.72. The predicted molar refractivity (Wildman–Crippen MR) is 69.5 cm³/mol. The summed E-state index contributed by atoms with van der Waals surface area (Å²) in [5.74, 6) is 0.767. The second-order valence-electron chi connectivity index (χ2n) is 4.34. The summed E-state index contributed by atoms with van der Waals surface area (Å²) < 4.78 is 5.39. The minimum absolute atomic E-state index is 0.620. The molecule has 0 radical (unpaired) electrons. The first-order valence-electron chi connectivity index (χ1n) is 6.02. The van der Waals surface area contributed by atoms with Gasteiger partial charge < -0.3 is 4.74 Å². The van der Waals surface area contributed by atoms with E-state index in [1.165, 1.54) is 24.0 Å². The Morgan fingerprint density at radius 3 is 2.44 bits per heavy atom. The smallest absolute Gasteiger partial charge is 0.0721 e. The molecule has 16 heavy (non-hydrogen) atoms. The molecule has 1 aromatic carbocycles. The molecule has 0 saturated heterocycles. The van der Waals surface area contributed by atoms with E-state index in [9.17, 15) is 0 Å². The molecule has 1 nitrogen and oxygen atoms in total. The Labute approximate surface area is 99.1 Å². The molecule has 1 heteroatoms. The minimum atomic E-state index is 0.620. The molecular formula is C15H22O. The molecule has 0 saturated carbocycles. The van der Waals surface area contributed by atoms with Crippen LogP contribution in [0.4, 0.5) is 0 Å². The third kappa shape index (κ3) is 4.63. The van der Waals surface area contributed by atoms with Crippen molar-refractivity contribution in [2.24, 2.45) is 5.92 Å². The lowest BCUT2D eigenvalue weighted by Crippen LogP contribution is -1.98. The van der Waals surface area contributed by atoms with Crippen molar-refractivity contribution in [3.05, 3.63) is 48.0 Å². The molecule has 1 rings (SSSR count). The van der Waals surface area contributed by atoms with Gasteiger partial charge in [0, 0.05) is 0 Å². The van der Waals surface area contributed by atoms with Crippen LogP contribution in [0.3, 0.4) is 0 Å². The fraction of sp³-hybridized carbons (Fsp3) is 0.467. The Bertz CT molecular complexity index is 300. The van der Waals surface area contributed by atoms with Gasteiger partial charge in [0.25, 0.3) is 0 Å². The summed E-state index contributed by atoms with van der Waals surface area (Å²) in [4.78, 5) is 0. The topological polar surface area (TPSA) is 9.23 Å². The summed E-state index contributed by atoms with van der Waals surface area (Å²) >= 11 is 0. The van der Waals surface area contributed by atoms with E-state index in [0.717, 1.165) is 5.92 Å². The van der Waals surface area contributed by atoms with Crippen molar-refractivity contribution in [3.8, 4) is 0 Å². The van der Waals surface area contributed by atoms with E-state index in [2.05, 4.69) is 44.7 Å². The Balaban J connectivity index is 2.44. The zero-order chi connectivity index (χ0) is 11.8. The molecule has 0 aliphatic carbocycles. The van der Waals surface area contributed by atoms with Crippen molar-refractivity contribution in [1.29, 1.82) is 0 Å². The zero-order valence-corrected chi connectivity index (χ0v) is 10.4. The number of hydrogen-bond donors (Lipinski definition) is 0. The van der Waals surface area contributed by atoms with Crippen LogP contribution in [0.2, 0.25) is 0 Å². The summed E-state index contributed by atoms with van der Waals surface area (Å²) in [6.45, 7) is 9.45. The van der Waals surface area contributed by atoms with E-state index >= 15 is 0 Å². The van der Waals surface area contributed by atoms with E-state index in [-0.39, 0.29) is 0 Å². The highest BCUT2D eigenvalue weighted by atomic mass is 16.5. The van der Waals surface area contributed by atoms with Gasteiger partial charge in [0.05, 0.1) is 13.2 Å². The van der Waals surface area contributed by atoms with E-state index in [1.54, 1.807) is 6.08 Å². The molecule has 1 atom stereocenters. The maximum Gasteiger partial charge on any atom is 0.0721 e. The van der Waals surface area contributed by atoms with Gasteiger partial charge >= 0.3 is 0 Å². The van der Waals surface area contributed by atoms with Gasteiger partial charge in [-0.3, -0.25) is 0 Å². The van der Waals surface area contributed by atoms with Crippen LogP contribution < -0.4 is 0 Å². The number of benzene rings is 1. The molecule has 0 fully saturated rings. The first-order valence-corrected chi connectivity index (χ1v) is 6.02. The van der Waals surface area contributed by atoms with Crippen molar-refractivity contribution in [3.63, 3.8) is 0 Å². The van der Waals surface area contributed by atoms with Gasteiger partial charge in [-0.15, -0.1) is 6.58 Å². The standard InChI is InChI=1S/C15H22O/c1-4-10-16-12-15-8-6-14(7-9-15)11-13(3)5-2/h4,6-9,13H,1,5,10-12H2,2-3H3. The van der Waals surface area contributed by atoms with Gasteiger partial charge in [0.15, 0.2) is 0 Å². The Morgan fingerprint density at radius 1 is 1.25 bits per heavy atom. The second-order valence-corrected chi connectivity index (χ2v) is 4.34. The van der Waals surface area contributed by atoms with E-state index < -0.39 is 0 Å². The highest BCUT2D eigenvalue weighted by Crippen LogP contribution is 2.12. The van der Waals surface area contributed by atoms with Crippen LogP contribution in [0.1, 0.15) is 31.4 Å². The van der Waals surface area contributed by atoms with Crippen molar-refractivity contribution >= 4 is 0 Å². The van der Waals surface area contributed by atoms with Crippen LogP contribution in [-0.2, 0) is 17.8 Å². The molecule has 0 N–H and O–H groups in total. The van der Waals surface area contributed by atoms with Gasteiger partial charge in [-0.1, -0.05) is 50.6 Å². The van der Waals surface area contributed by atoms with Crippen LogP contribution in [-0.4, -0.2) is 6.61 Å². The maximum absolute atomic E-state index is 5.39. The molecule has 0 spiro atoms. The first kappa shape index (κ1) is 13.0. The summed E-state index contributed by atoms with van der Waals surface area (Å²) in [5.41, 5.74) is 2.65. The normalized spacial score (nSPS) is 12.4. The highest BCUT2D eigenvalue weighted by Gasteiger charge is 2.01. The molecule has 1 aromatic rings. The van der Waals surface area contributed by atoms with Crippen LogP contribution >= 0.6 is 0 Å². The van der Waals surface area contributed by atoms with Gasteiger partial charge in [-0.05, 0) is 23.5 Å². The predicted octanol–water partition coefficient (Wildman–Crippen LogP) is 3.98. The lowest BCUT2D eigenvalue weighted by molar-refractivity contribution is 0.149. The van der Waals surface area contributed by atoms with E-state index in [1.807, 2.05) is 0 Å². The molecule has 0 heterocycles. The lowest BCUT2D eigenvalue weighted by Gasteiger charge is -2.09. The quantitative estimate of drug-likeness (QED) is 0.497. The van der Waals surface area contributed by atoms with Gasteiger partial charge in [-0.25, -0.2) is 0 Å². The molecule has 88 valence electrons. The van der Waals surface area contributed by atoms with E-state index in [0.29, 0.717) is 13.2 Å². The van der Waals surface area contributed by atoms with Crippen molar-refractivity contribution in [1.82, 2.24) is 0 Å². The third-order valence-corrected chi connectivity index (χ3v) is 2.81. The van der Waals surface area contributed by atoms with Gasteiger partial charge in [0.1, 0.15) is 0 Å². The maximum atomic E-state index is 5.39. The number of ether oxygens (including phenoxy) is 1. The SMILES string of the molecule is C=CCOCc1ccc(CC(C)CC)cc1. The monoisotopic (exact) mass is 218 g/mol. The van der Waals surface area contributed by atoms with Crippen LogP contribution in [0.5, 0.6) is 0 Å².